The maximum atomic E-state index is 6.12. The van der Waals surface area contributed by atoms with Crippen molar-refractivity contribution < 1.29 is 9.47 Å². The first kappa shape index (κ1) is 14.5. The van der Waals surface area contributed by atoms with Gasteiger partial charge in [-0.2, -0.15) is 0 Å². The number of benzene rings is 1. The zero-order chi connectivity index (χ0) is 13.8. The molecule has 0 spiro atoms. The number of methoxy groups -OCH3 is 2. The van der Waals surface area contributed by atoms with E-state index in [1.165, 1.54) is 5.56 Å². The maximum Gasteiger partial charge on any atom is 0.145 e. The highest BCUT2D eigenvalue weighted by Gasteiger charge is 2.09. The van der Waals surface area contributed by atoms with Crippen molar-refractivity contribution in [1.82, 2.24) is 0 Å². The molecule has 0 saturated heterocycles. The van der Waals surface area contributed by atoms with E-state index >= 15 is 0 Å². The van der Waals surface area contributed by atoms with E-state index in [4.69, 9.17) is 21.1 Å². The van der Waals surface area contributed by atoms with Crippen LogP contribution in [0.1, 0.15) is 5.56 Å². The van der Waals surface area contributed by atoms with E-state index in [1.54, 1.807) is 37.7 Å². The molecule has 19 heavy (non-hydrogen) atoms. The topological polar surface area (TPSA) is 30.5 Å². The van der Waals surface area contributed by atoms with Gasteiger partial charge in [-0.15, -0.1) is 11.3 Å². The van der Waals surface area contributed by atoms with Crippen molar-refractivity contribution in [2.45, 2.75) is 6.54 Å². The highest BCUT2D eigenvalue weighted by molar-refractivity contribution is 9.11. The Morgan fingerprint density at radius 2 is 1.95 bits per heavy atom. The van der Waals surface area contributed by atoms with Crippen LogP contribution in [-0.4, -0.2) is 14.2 Å². The van der Waals surface area contributed by atoms with Gasteiger partial charge in [0.05, 0.1) is 28.7 Å². The molecule has 0 bridgehead atoms. The number of ether oxygens (including phenoxy) is 2. The van der Waals surface area contributed by atoms with Crippen molar-refractivity contribution in [3.63, 3.8) is 0 Å². The van der Waals surface area contributed by atoms with Crippen LogP contribution in [0.4, 0.5) is 5.69 Å². The van der Waals surface area contributed by atoms with Crippen molar-refractivity contribution in [2.75, 3.05) is 19.5 Å². The molecule has 102 valence electrons. The zero-order valence-electron chi connectivity index (χ0n) is 10.5. The van der Waals surface area contributed by atoms with Crippen LogP contribution in [-0.2, 0) is 6.54 Å². The number of anilines is 1. The Morgan fingerprint density at radius 1 is 1.21 bits per heavy atom. The van der Waals surface area contributed by atoms with Crippen LogP contribution in [0.3, 0.4) is 0 Å². The van der Waals surface area contributed by atoms with E-state index in [-0.39, 0.29) is 0 Å². The Kier molecular flexibility index (Phi) is 4.96. The molecule has 1 heterocycles. The fraction of sp³-hybridized carbons (Fsp3) is 0.231. The molecule has 0 amide bonds. The SMILES string of the molecule is COc1cc(OC)c(NCc2csc(Br)c2)cc1Cl. The minimum Gasteiger partial charge on any atom is -0.495 e. The summed E-state index contributed by atoms with van der Waals surface area (Å²) in [5, 5.41) is 5.95. The summed E-state index contributed by atoms with van der Waals surface area (Å²) in [4.78, 5) is 0. The van der Waals surface area contributed by atoms with Crippen LogP contribution >= 0.6 is 38.9 Å². The number of rotatable bonds is 5. The summed E-state index contributed by atoms with van der Waals surface area (Å²) in [6.45, 7) is 0.709. The number of hydrogen-bond donors (Lipinski definition) is 1. The number of hydrogen-bond acceptors (Lipinski definition) is 4. The summed E-state index contributed by atoms with van der Waals surface area (Å²) in [5.74, 6) is 1.30. The highest BCUT2D eigenvalue weighted by Crippen LogP contribution is 2.36. The van der Waals surface area contributed by atoms with Crippen molar-refractivity contribution in [1.29, 1.82) is 0 Å². The Hall–Kier alpha value is -0.910. The summed E-state index contributed by atoms with van der Waals surface area (Å²) in [5.41, 5.74) is 2.04. The van der Waals surface area contributed by atoms with Crippen molar-refractivity contribution in [3.05, 3.63) is 38.0 Å². The van der Waals surface area contributed by atoms with Gasteiger partial charge in [0.25, 0.3) is 0 Å². The highest BCUT2D eigenvalue weighted by atomic mass is 79.9. The minimum atomic E-state index is 0.553. The molecule has 0 fully saturated rings. The summed E-state index contributed by atoms with van der Waals surface area (Å²) in [7, 11) is 3.20. The molecular formula is C13H13BrClNO2S. The lowest BCUT2D eigenvalue weighted by Crippen LogP contribution is -2.01. The van der Waals surface area contributed by atoms with Crippen LogP contribution in [0.25, 0.3) is 0 Å². The van der Waals surface area contributed by atoms with Gasteiger partial charge >= 0.3 is 0 Å². The van der Waals surface area contributed by atoms with Crippen molar-refractivity contribution in [3.8, 4) is 11.5 Å². The predicted molar refractivity (Wildman–Crippen MR) is 83.9 cm³/mol. The zero-order valence-corrected chi connectivity index (χ0v) is 13.7. The molecule has 1 aromatic carbocycles. The lowest BCUT2D eigenvalue weighted by Gasteiger charge is -2.13. The lowest BCUT2D eigenvalue weighted by molar-refractivity contribution is 0.395. The standard InChI is InChI=1S/C13H13BrClNO2S/c1-17-11-5-12(18-2)10(4-9(11)15)16-6-8-3-13(14)19-7-8/h3-5,7,16H,6H2,1-2H3. The molecule has 0 saturated carbocycles. The average Bonchev–Trinajstić information content (AvgIpc) is 2.82. The fourth-order valence-corrected chi connectivity index (χ4v) is 3.08. The van der Waals surface area contributed by atoms with Crippen LogP contribution in [0.5, 0.6) is 11.5 Å². The van der Waals surface area contributed by atoms with Crippen molar-refractivity contribution >= 4 is 44.6 Å². The molecule has 1 N–H and O–H groups in total. The summed E-state index contributed by atoms with van der Waals surface area (Å²) < 4.78 is 11.6. The van der Waals surface area contributed by atoms with E-state index < -0.39 is 0 Å². The van der Waals surface area contributed by atoms with Crippen LogP contribution in [0.2, 0.25) is 5.02 Å². The molecular weight excluding hydrogens is 350 g/mol. The molecule has 0 aliphatic heterocycles. The second-order valence-electron chi connectivity index (χ2n) is 3.80. The Bertz CT molecular complexity index is 574. The van der Waals surface area contributed by atoms with Gasteiger partial charge in [-0.25, -0.2) is 0 Å². The van der Waals surface area contributed by atoms with Gasteiger partial charge in [0.1, 0.15) is 11.5 Å². The summed E-state index contributed by atoms with van der Waals surface area (Å²) in [6, 6.07) is 5.66. The molecule has 0 aliphatic rings. The van der Waals surface area contributed by atoms with Gasteiger partial charge in [0, 0.05) is 12.6 Å². The Morgan fingerprint density at radius 3 is 2.53 bits per heavy atom. The van der Waals surface area contributed by atoms with Gasteiger partial charge in [0.2, 0.25) is 0 Å². The summed E-state index contributed by atoms with van der Waals surface area (Å²) >= 11 is 11.2. The predicted octanol–water partition coefficient (Wildman–Crippen LogP) is 4.79. The van der Waals surface area contributed by atoms with E-state index in [0.717, 1.165) is 9.47 Å². The van der Waals surface area contributed by atoms with E-state index in [9.17, 15) is 0 Å². The van der Waals surface area contributed by atoms with Gasteiger partial charge in [-0.1, -0.05) is 11.6 Å². The third-order valence-electron chi connectivity index (χ3n) is 2.58. The fourth-order valence-electron chi connectivity index (χ4n) is 1.63. The average molecular weight is 363 g/mol. The molecule has 6 heteroatoms. The maximum absolute atomic E-state index is 6.12. The first-order valence-electron chi connectivity index (χ1n) is 5.52. The molecule has 0 aliphatic carbocycles. The number of nitrogens with one attached hydrogen (secondary N) is 1. The van der Waals surface area contributed by atoms with E-state index in [0.29, 0.717) is 23.1 Å². The van der Waals surface area contributed by atoms with Crippen LogP contribution in [0, 0.1) is 0 Å². The Balaban J connectivity index is 2.17. The molecule has 0 atom stereocenters. The number of halogens is 2. The monoisotopic (exact) mass is 361 g/mol. The molecule has 1 aromatic heterocycles. The van der Waals surface area contributed by atoms with Crippen LogP contribution in [0.15, 0.2) is 27.4 Å². The van der Waals surface area contributed by atoms with Crippen LogP contribution < -0.4 is 14.8 Å². The smallest absolute Gasteiger partial charge is 0.145 e. The van der Waals surface area contributed by atoms with Gasteiger partial charge in [0.15, 0.2) is 0 Å². The van der Waals surface area contributed by atoms with Gasteiger partial charge in [-0.3, -0.25) is 0 Å². The van der Waals surface area contributed by atoms with Crippen molar-refractivity contribution in [2.24, 2.45) is 0 Å². The molecule has 2 aromatic rings. The Labute approximate surface area is 129 Å². The minimum absolute atomic E-state index is 0.553. The first-order valence-corrected chi connectivity index (χ1v) is 7.57. The third kappa shape index (κ3) is 3.55. The van der Waals surface area contributed by atoms with Gasteiger partial charge in [-0.05, 0) is 39.0 Å². The quantitative estimate of drug-likeness (QED) is 0.829. The number of thiophene rings is 1. The lowest BCUT2D eigenvalue weighted by atomic mass is 10.2. The second kappa shape index (κ2) is 6.50. The largest absolute Gasteiger partial charge is 0.495 e. The molecule has 2 rings (SSSR count). The second-order valence-corrected chi connectivity index (χ2v) is 6.50. The molecule has 0 radical (unpaired) electrons. The van der Waals surface area contributed by atoms with Gasteiger partial charge < -0.3 is 14.8 Å². The molecule has 0 unspecified atom stereocenters. The van der Waals surface area contributed by atoms with E-state index in [2.05, 4.69) is 32.7 Å². The first-order chi connectivity index (χ1) is 9.13. The molecule has 3 nitrogen and oxygen atoms in total. The van der Waals surface area contributed by atoms with E-state index in [1.807, 2.05) is 0 Å². The third-order valence-corrected chi connectivity index (χ3v) is 4.43. The normalized spacial score (nSPS) is 10.3. The summed E-state index contributed by atoms with van der Waals surface area (Å²) in [6.07, 6.45) is 0.